The molecule has 0 unspecified atom stereocenters. The number of rotatable bonds is 1. The van der Waals surface area contributed by atoms with Crippen LogP contribution in [-0.2, 0) is 0 Å². The van der Waals surface area contributed by atoms with Crippen LogP contribution in [0, 0.1) is 0 Å². The van der Waals surface area contributed by atoms with Crippen molar-refractivity contribution in [3.8, 4) is 11.4 Å². The van der Waals surface area contributed by atoms with Gasteiger partial charge in [-0.25, -0.2) is 9.97 Å². The maximum Gasteiger partial charge on any atom is 0.159 e. The van der Waals surface area contributed by atoms with Crippen molar-refractivity contribution in [1.82, 2.24) is 15.0 Å². The second-order valence-corrected chi connectivity index (χ2v) is 4.66. The third kappa shape index (κ3) is 1.80. The van der Waals surface area contributed by atoms with Crippen molar-refractivity contribution in [2.75, 3.05) is 0 Å². The van der Waals surface area contributed by atoms with E-state index in [9.17, 15) is 0 Å². The van der Waals surface area contributed by atoms with Gasteiger partial charge in [-0.3, -0.25) is 4.98 Å². The number of nitrogens with zero attached hydrogens (tertiary/aromatic N) is 3. The van der Waals surface area contributed by atoms with Crippen LogP contribution >= 0.6 is 0 Å². The minimum atomic E-state index is 0.745. The monoisotopic (exact) mass is 257 g/mol. The molecule has 0 aliphatic heterocycles. The van der Waals surface area contributed by atoms with Crippen LogP contribution in [0.5, 0.6) is 0 Å². The molecule has 0 saturated heterocycles. The van der Waals surface area contributed by atoms with Crippen LogP contribution in [0.25, 0.3) is 33.2 Å². The van der Waals surface area contributed by atoms with Crippen molar-refractivity contribution in [3.05, 3.63) is 67.0 Å². The Balaban J connectivity index is 1.91. The fourth-order valence-corrected chi connectivity index (χ4v) is 2.33. The smallest absolute Gasteiger partial charge is 0.159 e. The van der Waals surface area contributed by atoms with E-state index in [4.69, 9.17) is 0 Å². The minimum absolute atomic E-state index is 0.745. The molecule has 0 saturated carbocycles. The first kappa shape index (κ1) is 11.1. The lowest BCUT2D eigenvalue weighted by molar-refractivity contribution is 1.23. The Bertz CT molecular complexity index is 838. The van der Waals surface area contributed by atoms with E-state index in [1.165, 1.54) is 0 Å². The fraction of sp³-hybridized carbons (Fsp3) is 0. The molecular formula is C17H11N3. The van der Waals surface area contributed by atoms with Crippen molar-refractivity contribution in [3.63, 3.8) is 0 Å². The minimum Gasteiger partial charge on any atom is -0.256 e. The van der Waals surface area contributed by atoms with Gasteiger partial charge in [-0.05, 0) is 30.3 Å². The summed E-state index contributed by atoms with van der Waals surface area (Å²) in [5.74, 6) is 0.745. The molecule has 4 aromatic rings. The fourth-order valence-electron chi connectivity index (χ4n) is 2.33. The molecule has 0 bridgehead atoms. The van der Waals surface area contributed by atoms with Gasteiger partial charge in [0, 0.05) is 28.7 Å². The Hall–Kier alpha value is -2.81. The number of para-hydroxylation sites is 1. The maximum absolute atomic E-state index is 4.62. The second kappa shape index (κ2) is 4.38. The van der Waals surface area contributed by atoms with Gasteiger partial charge in [-0.1, -0.05) is 24.3 Å². The van der Waals surface area contributed by atoms with E-state index in [-0.39, 0.29) is 0 Å². The SMILES string of the molecule is c1cnc2ccc(-c3ncc4ccccc4n3)cc2c1. The van der Waals surface area contributed by atoms with Crippen LogP contribution in [0.15, 0.2) is 67.0 Å². The summed E-state index contributed by atoms with van der Waals surface area (Å²) in [6, 6.07) is 18.1. The summed E-state index contributed by atoms with van der Waals surface area (Å²) in [7, 11) is 0. The standard InChI is InChI=1S/C17H11N3/c1-2-6-16-14(4-1)11-19-17(20-16)13-7-8-15-12(10-13)5-3-9-18-15/h1-11H. The number of aromatic nitrogens is 3. The predicted octanol–water partition coefficient (Wildman–Crippen LogP) is 3.85. The molecule has 2 aromatic heterocycles. The molecule has 0 amide bonds. The van der Waals surface area contributed by atoms with Crippen LogP contribution < -0.4 is 0 Å². The molecule has 3 heteroatoms. The zero-order valence-electron chi connectivity index (χ0n) is 10.7. The Labute approximate surface area is 116 Å². The van der Waals surface area contributed by atoms with Crippen LogP contribution in [0.1, 0.15) is 0 Å². The molecular weight excluding hydrogens is 246 g/mol. The quantitative estimate of drug-likeness (QED) is 0.520. The van der Waals surface area contributed by atoms with E-state index >= 15 is 0 Å². The number of hydrogen-bond acceptors (Lipinski definition) is 3. The highest BCUT2D eigenvalue weighted by Crippen LogP contribution is 2.22. The summed E-state index contributed by atoms with van der Waals surface area (Å²) in [6.45, 7) is 0. The molecule has 0 atom stereocenters. The Morgan fingerprint density at radius 3 is 2.60 bits per heavy atom. The van der Waals surface area contributed by atoms with Crippen molar-refractivity contribution in [2.24, 2.45) is 0 Å². The van der Waals surface area contributed by atoms with Gasteiger partial charge in [0.15, 0.2) is 5.82 Å². The number of benzene rings is 2. The zero-order valence-corrected chi connectivity index (χ0v) is 10.7. The molecule has 4 rings (SSSR count). The summed E-state index contributed by atoms with van der Waals surface area (Å²) in [6.07, 6.45) is 3.67. The van der Waals surface area contributed by atoms with Crippen molar-refractivity contribution in [1.29, 1.82) is 0 Å². The lowest BCUT2D eigenvalue weighted by atomic mass is 10.1. The molecule has 0 aliphatic carbocycles. The Kier molecular flexibility index (Phi) is 2.42. The van der Waals surface area contributed by atoms with Gasteiger partial charge in [-0.15, -0.1) is 0 Å². The molecule has 0 fully saturated rings. The van der Waals surface area contributed by atoms with Gasteiger partial charge in [-0.2, -0.15) is 0 Å². The van der Waals surface area contributed by atoms with Crippen molar-refractivity contribution in [2.45, 2.75) is 0 Å². The van der Waals surface area contributed by atoms with Crippen LogP contribution in [0.4, 0.5) is 0 Å². The highest BCUT2D eigenvalue weighted by molar-refractivity contribution is 5.84. The van der Waals surface area contributed by atoms with E-state index < -0.39 is 0 Å². The highest BCUT2D eigenvalue weighted by atomic mass is 14.9. The molecule has 2 heterocycles. The first-order chi connectivity index (χ1) is 9.90. The van der Waals surface area contributed by atoms with Gasteiger partial charge in [0.1, 0.15) is 0 Å². The lowest BCUT2D eigenvalue weighted by Gasteiger charge is -2.03. The van der Waals surface area contributed by atoms with Crippen LogP contribution in [0.3, 0.4) is 0 Å². The van der Waals surface area contributed by atoms with Gasteiger partial charge >= 0.3 is 0 Å². The highest BCUT2D eigenvalue weighted by Gasteiger charge is 2.04. The molecule has 3 nitrogen and oxygen atoms in total. The van der Waals surface area contributed by atoms with Crippen LogP contribution in [-0.4, -0.2) is 15.0 Å². The van der Waals surface area contributed by atoms with E-state index in [1.54, 1.807) is 6.20 Å². The molecule has 0 radical (unpaired) electrons. The molecule has 0 spiro atoms. The lowest BCUT2D eigenvalue weighted by Crippen LogP contribution is -1.90. The molecule has 0 N–H and O–H groups in total. The number of hydrogen-bond donors (Lipinski definition) is 0. The maximum atomic E-state index is 4.62. The summed E-state index contributed by atoms with van der Waals surface area (Å²) in [4.78, 5) is 13.4. The van der Waals surface area contributed by atoms with Gasteiger partial charge < -0.3 is 0 Å². The van der Waals surface area contributed by atoms with Crippen molar-refractivity contribution < 1.29 is 0 Å². The Morgan fingerprint density at radius 1 is 0.700 bits per heavy atom. The van der Waals surface area contributed by atoms with Gasteiger partial charge in [0.05, 0.1) is 11.0 Å². The summed E-state index contributed by atoms with van der Waals surface area (Å²) in [5, 5.41) is 2.15. The summed E-state index contributed by atoms with van der Waals surface area (Å²) >= 11 is 0. The van der Waals surface area contributed by atoms with E-state index in [1.807, 2.05) is 54.7 Å². The number of fused-ring (bicyclic) bond motifs is 2. The molecule has 0 aliphatic rings. The van der Waals surface area contributed by atoms with E-state index in [0.29, 0.717) is 0 Å². The van der Waals surface area contributed by atoms with Gasteiger partial charge in [0.25, 0.3) is 0 Å². The largest absolute Gasteiger partial charge is 0.256 e. The molecule has 94 valence electrons. The summed E-state index contributed by atoms with van der Waals surface area (Å²) in [5.41, 5.74) is 2.96. The van der Waals surface area contributed by atoms with Crippen LogP contribution in [0.2, 0.25) is 0 Å². The first-order valence-electron chi connectivity index (χ1n) is 6.47. The van der Waals surface area contributed by atoms with E-state index in [2.05, 4.69) is 21.0 Å². The third-order valence-electron chi connectivity index (χ3n) is 3.35. The average Bonchev–Trinajstić information content (AvgIpc) is 2.54. The molecule has 20 heavy (non-hydrogen) atoms. The second-order valence-electron chi connectivity index (χ2n) is 4.66. The first-order valence-corrected chi connectivity index (χ1v) is 6.47. The van der Waals surface area contributed by atoms with Gasteiger partial charge in [0.2, 0.25) is 0 Å². The topological polar surface area (TPSA) is 38.7 Å². The average molecular weight is 257 g/mol. The molecule has 2 aromatic carbocycles. The Morgan fingerprint density at radius 2 is 1.60 bits per heavy atom. The van der Waals surface area contributed by atoms with E-state index in [0.717, 1.165) is 33.2 Å². The van der Waals surface area contributed by atoms with Crippen molar-refractivity contribution >= 4 is 21.8 Å². The normalized spacial score (nSPS) is 11.0. The predicted molar refractivity (Wildman–Crippen MR) is 80.3 cm³/mol. The third-order valence-corrected chi connectivity index (χ3v) is 3.35. The number of pyridine rings is 1. The summed E-state index contributed by atoms with van der Waals surface area (Å²) < 4.78 is 0. The zero-order chi connectivity index (χ0) is 13.4.